The first-order chi connectivity index (χ1) is 10.2. The van der Waals surface area contributed by atoms with Crippen LogP contribution in [0.2, 0.25) is 0 Å². The second-order valence-electron chi connectivity index (χ2n) is 4.54. The Bertz CT molecular complexity index is 767. The van der Waals surface area contributed by atoms with Crippen molar-refractivity contribution in [3.8, 4) is 16.9 Å². The summed E-state index contributed by atoms with van der Waals surface area (Å²) >= 11 is 0. The Hall–Kier alpha value is -3.08. The molecule has 1 amide bonds. The zero-order valence-electron chi connectivity index (χ0n) is 11.1. The molecule has 1 heterocycles. The number of para-hydroxylation sites is 2. The smallest absolute Gasteiger partial charge is 0.255 e. The highest BCUT2D eigenvalue weighted by atomic mass is 16.3. The van der Waals surface area contributed by atoms with Crippen molar-refractivity contribution in [1.29, 1.82) is 0 Å². The molecule has 104 valence electrons. The highest BCUT2D eigenvalue weighted by Gasteiger charge is 2.09. The number of H-pyrrole nitrogens is 1. The number of amides is 1. The average molecular weight is 279 g/mol. The van der Waals surface area contributed by atoms with E-state index >= 15 is 0 Å². The molecule has 0 unspecified atom stereocenters. The minimum Gasteiger partial charge on any atom is -0.506 e. The van der Waals surface area contributed by atoms with Gasteiger partial charge in [-0.15, -0.1) is 0 Å². The van der Waals surface area contributed by atoms with E-state index in [1.807, 2.05) is 12.1 Å². The van der Waals surface area contributed by atoms with Gasteiger partial charge in [-0.05, 0) is 29.8 Å². The number of phenolic OH excluding ortho intramolecular Hbond substituents is 1. The van der Waals surface area contributed by atoms with Crippen LogP contribution in [0.25, 0.3) is 11.1 Å². The molecule has 0 bridgehead atoms. The predicted molar refractivity (Wildman–Crippen MR) is 80.1 cm³/mol. The van der Waals surface area contributed by atoms with Crippen LogP contribution in [-0.2, 0) is 0 Å². The Balaban J connectivity index is 1.85. The second-order valence-corrected chi connectivity index (χ2v) is 4.54. The summed E-state index contributed by atoms with van der Waals surface area (Å²) in [6, 6.07) is 13.8. The number of nitrogens with one attached hydrogen (secondary N) is 2. The molecule has 0 fully saturated rings. The van der Waals surface area contributed by atoms with E-state index in [0.29, 0.717) is 11.3 Å². The van der Waals surface area contributed by atoms with Crippen molar-refractivity contribution in [1.82, 2.24) is 10.2 Å². The highest BCUT2D eigenvalue weighted by Crippen LogP contribution is 2.23. The van der Waals surface area contributed by atoms with Gasteiger partial charge in [0.1, 0.15) is 5.75 Å². The zero-order chi connectivity index (χ0) is 14.7. The third-order valence-electron chi connectivity index (χ3n) is 3.11. The van der Waals surface area contributed by atoms with Crippen molar-refractivity contribution in [2.24, 2.45) is 0 Å². The summed E-state index contributed by atoms with van der Waals surface area (Å²) in [7, 11) is 0. The monoisotopic (exact) mass is 279 g/mol. The van der Waals surface area contributed by atoms with Crippen LogP contribution in [-0.4, -0.2) is 21.2 Å². The maximum absolute atomic E-state index is 12.2. The average Bonchev–Trinajstić information content (AvgIpc) is 3.04. The Morgan fingerprint density at radius 2 is 1.95 bits per heavy atom. The molecule has 0 aliphatic rings. The molecule has 0 saturated heterocycles. The van der Waals surface area contributed by atoms with Gasteiger partial charge in [-0.2, -0.15) is 5.10 Å². The quantitative estimate of drug-likeness (QED) is 0.645. The fourth-order valence-electron chi connectivity index (χ4n) is 2.02. The van der Waals surface area contributed by atoms with Crippen molar-refractivity contribution in [2.75, 3.05) is 5.32 Å². The fraction of sp³-hybridized carbons (Fsp3) is 0. The molecular formula is C16H13N3O2. The summed E-state index contributed by atoms with van der Waals surface area (Å²) in [5, 5.41) is 19.0. The summed E-state index contributed by atoms with van der Waals surface area (Å²) < 4.78 is 0. The van der Waals surface area contributed by atoms with Gasteiger partial charge in [-0.25, -0.2) is 0 Å². The number of benzene rings is 2. The van der Waals surface area contributed by atoms with Crippen LogP contribution in [0.3, 0.4) is 0 Å². The normalized spacial score (nSPS) is 10.3. The minimum absolute atomic E-state index is 0.0387. The lowest BCUT2D eigenvalue weighted by molar-refractivity contribution is 0.102. The molecule has 0 atom stereocenters. The van der Waals surface area contributed by atoms with Crippen molar-refractivity contribution in [2.45, 2.75) is 0 Å². The van der Waals surface area contributed by atoms with Crippen molar-refractivity contribution < 1.29 is 9.90 Å². The molecule has 0 aliphatic carbocycles. The molecule has 3 aromatic rings. The molecule has 0 aliphatic heterocycles. The van der Waals surface area contributed by atoms with Crippen molar-refractivity contribution >= 4 is 11.6 Å². The largest absolute Gasteiger partial charge is 0.506 e. The lowest BCUT2D eigenvalue weighted by atomic mass is 10.1. The molecule has 0 spiro atoms. The maximum atomic E-state index is 12.2. The topological polar surface area (TPSA) is 78.0 Å². The SMILES string of the molecule is O=C(Nc1ccccc1O)c1cccc(-c2cn[nH]c2)c1. The Kier molecular flexibility index (Phi) is 3.39. The van der Waals surface area contributed by atoms with E-state index in [1.165, 1.54) is 6.07 Å². The van der Waals surface area contributed by atoms with Crippen LogP contribution in [0.5, 0.6) is 5.75 Å². The molecule has 3 N–H and O–H groups in total. The van der Waals surface area contributed by atoms with Crippen LogP contribution >= 0.6 is 0 Å². The van der Waals surface area contributed by atoms with Gasteiger partial charge in [0.15, 0.2) is 0 Å². The van der Waals surface area contributed by atoms with Gasteiger partial charge < -0.3 is 10.4 Å². The molecular weight excluding hydrogens is 266 g/mol. The molecule has 5 nitrogen and oxygen atoms in total. The van der Waals surface area contributed by atoms with E-state index in [9.17, 15) is 9.90 Å². The number of carbonyl (C=O) groups is 1. The lowest BCUT2D eigenvalue weighted by Gasteiger charge is -2.08. The number of rotatable bonds is 3. The number of aromatic nitrogens is 2. The number of hydrogen-bond acceptors (Lipinski definition) is 3. The van der Waals surface area contributed by atoms with Gasteiger partial charge in [0.25, 0.3) is 5.91 Å². The predicted octanol–water partition coefficient (Wildman–Crippen LogP) is 3.03. The third kappa shape index (κ3) is 2.76. The summed E-state index contributed by atoms with van der Waals surface area (Å²) in [5.41, 5.74) is 2.70. The number of phenols is 1. The van der Waals surface area contributed by atoms with Gasteiger partial charge in [0.2, 0.25) is 0 Å². The summed E-state index contributed by atoms with van der Waals surface area (Å²) in [6.45, 7) is 0. The van der Waals surface area contributed by atoms with Crippen LogP contribution in [0.4, 0.5) is 5.69 Å². The summed E-state index contributed by atoms with van der Waals surface area (Å²) in [4.78, 5) is 12.2. The Labute approximate surface area is 121 Å². The van der Waals surface area contributed by atoms with Gasteiger partial charge in [-0.1, -0.05) is 24.3 Å². The number of carbonyl (C=O) groups excluding carboxylic acids is 1. The van der Waals surface area contributed by atoms with Crippen molar-refractivity contribution in [3.05, 3.63) is 66.5 Å². The van der Waals surface area contributed by atoms with E-state index in [0.717, 1.165) is 11.1 Å². The summed E-state index contributed by atoms with van der Waals surface area (Å²) in [6.07, 6.45) is 3.46. The van der Waals surface area contributed by atoms with E-state index in [1.54, 1.807) is 42.7 Å². The van der Waals surface area contributed by atoms with Gasteiger partial charge >= 0.3 is 0 Å². The van der Waals surface area contributed by atoms with Crippen LogP contribution in [0.1, 0.15) is 10.4 Å². The zero-order valence-corrected chi connectivity index (χ0v) is 11.1. The molecule has 3 rings (SSSR count). The van der Waals surface area contributed by atoms with Crippen LogP contribution in [0.15, 0.2) is 60.9 Å². The number of aromatic amines is 1. The number of hydrogen-bond donors (Lipinski definition) is 3. The Morgan fingerprint density at radius 1 is 1.10 bits per heavy atom. The third-order valence-corrected chi connectivity index (χ3v) is 3.11. The van der Waals surface area contributed by atoms with Crippen molar-refractivity contribution in [3.63, 3.8) is 0 Å². The number of aromatic hydroxyl groups is 1. The summed E-state index contributed by atoms with van der Waals surface area (Å²) in [5.74, 6) is -0.237. The fourth-order valence-corrected chi connectivity index (χ4v) is 2.02. The minimum atomic E-state index is -0.276. The molecule has 5 heteroatoms. The first-order valence-electron chi connectivity index (χ1n) is 6.42. The van der Waals surface area contributed by atoms with Gasteiger partial charge in [0.05, 0.1) is 11.9 Å². The highest BCUT2D eigenvalue weighted by molar-refractivity contribution is 6.05. The van der Waals surface area contributed by atoms with E-state index in [-0.39, 0.29) is 11.7 Å². The van der Waals surface area contributed by atoms with Gasteiger partial charge in [0, 0.05) is 17.3 Å². The first kappa shape index (κ1) is 12.9. The molecule has 2 aromatic carbocycles. The first-order valence-corrected chi connectivity index (χ1v) is 6.42. The molecule has 0 radical (unpaired) electrons. The van der Waals surface area contributed by atoms with Crippen LogP contribution < -0.4 is 5.32 Å². The van der Waals surface area contributed by atoms with Gasteiger partial charge in [-0.3, -0.25) is 9.89 Å². The molecule has 21 heavy (non-hydrogen) atoms. The van der Waals surface area contributed by atoms with E-state index in [2.05, 4.69) is 15.5 Å². The Morgan fingerprint density at radius 3 is 2.71 bits per heavy atom. The second kappa shape index (κ2) is 5.50. The molecule has 0 saturated carbocycles. The number of anilines is 1. The maximum Gasteiger partial charge on any atom is 0.255 e. The standard InChI is InChI=1S/C16H13N3O2/c20-15-7-2-1-6-14(15)19-16(21)12-5-3-4-11(8-12)13-9-17-18-10-13/h1-10,20H,(H,17,18)(H,19,21). The molecule has 1 aromatic heterocycles. The lowest BCUT2D eigenvalue weighted by Crippen LogP contribution is -2.11. The van der Waals surface area contributed by atoms with E-state index in [4.69, 9.17) is 0 Å². The van der Waals surface area contributed by atoms with E-state index < -0.39 is 0 Å². The number of nitrogens with zero attached hydrogens (tertiary/aromatic N) is 1. The van der Waals surface area contributed by atoms with Crippen LogP contribution in [0, 0.1) is 0 Å².